The summed E-state index contributed by atoms with van der Waals surface area (Å²) in [7, 11) is 8.65. The van der Waals surface area contributed by atoms with Gasteiger partial charge in [0.1, 0.15) is 29.5 Å². The Balaban J connectivity index is 1.46. The zero-order valence-corrected chi connectivity index (χ0v) is 24.4. The Morgan fingerprint density at radius 3 is 2.39 bits per heavy atom. The zero-order valence-electron chi connectivity index (χ0n) is 24.4. The van der Waals surface area contributed by atoms with Crippen LogP contribution in [0.15, 0.2) is 30.3 Å². The van der Waals surface area contributed by atoms with Crippen LogP contribution in [-0.2, 0) is 23.7 Å². The van der Waals surface area contributed by atoms with Crippen molar-refractivity contribution in [1.29, 1.82) is 0 Å². The topological polar surface area (TPSA) is 127 Å². The van der Waals surface area contributed by atoms with E-state index < -0.39 is 58.8 Å². The number of benzene rings is 1. The van der Waals surface area contributed by atoms with Crippen molar-refractivity contribution in [2.24, 2.45) is 34.5 Å². The lowest BCUT2D eigenvalue weighted by atomic mass is 9.43. The summed E-state index contributed by atoms with van der Waals surface area (Å²) < 4.78 is 30.6. The molecule has 7 rings (SSSR count). The van der Waals surface area contributed by atoms with E-state index in [-0.39, 0.29) is 35.8 Å². The standard InChI is InChI=1S/C31H43NO9/c1-32-14-28(15-37-2)12-11-18(38-3)30-17-13-29(35)25(41-27(34)16-9-7-6-8-10-16)19(17)31(36,24(33)26(29)40-5)20(23(30)32)21(39-4)22(28)30/h6-10,17-26,33,35-36H,11-15H2,1-5H3/t17-,18+,19-,20+,21+,22-,23-,24+,25-,26+,28+,29+,30+,31-/m1/s1. The molecule has 0 unspecified atom stereocenters. The Hall–Kier alpha value is -1.63. The SMILES string of the molecule is COC[C@@]12CC[C@H](OC)[C@@]34[C@@H]5C[C@]6(O)[C@H](OC(=O)c7ccccc7)[C@@H]5[C@@](O)([C@@H]([C@H](OC)[C@H]13)[C@H]4N(C)C2)[C@@H](O)[C@@H]6OC. The molecule has 1 spiro atoms. The zero-order chi connectivity index (χ0) is 29.1. The molecule has 1 heterocycles. The summed E-state index contributed by atoms with van der Waals surface area (Å²) in [5.74, 6) is -2.30. The highest BCUT2D eigenvalue weighted by atomic mass is 16.6. The number of methoxy groups -OCH3 is 4. The van der Waals surface area contributed by atoms with Gasteiger partial charge in [0.2, 0.25) is 0 Å². The van der Waals surface area contributed by atoms with Crippen molar-refractivity contribution in [2.45, 2.75) is 67.0 Å². The lowest BCUT2D eigenvalue weighted by Gasteiger charge is -2.69. The van der Waals surface area contributed by atoms with Crippen LogP contribution in [0.3, 0.4) is 0 Å². The Morgan fingerprint density at radius 2 is 1.76 bits per heavy atom. The Kier molecular flexibility index (Phi) is 6.31. The van der Waals surface area contributed by atoms with Crippen LogP contribution in [0.1, 0.15) is 29.6 Å². The fourth-order valence-electron chi connectivity index (χ4n) is 11.8. The summed E-state index contributed by atoms with van der Waals surface area (Å²) in [6.45, 7) is 1.29. The van der Waals surface area contributed by atoms with Gasteiger partial charge in [0.25, 0.3) is 0 Å². The highest BCUT2D eigenvalue weighted by Gasteiger charge is 2.90. The molecule has 0 amide bonds. The minimum absolute atomic E-state index is 0.0644. The van der Waals surface area contributed by atoms with Gasteiger partial charge in [-0.05, 0) is 44.4 Å². The first-order valence-corrected chi connectivity index (χ1v) is 14.8. The number of carbonyl (C=O) groups is 1. The van der Waals surface area contributed by atoms with Crippen molar-refractivity contribution < 1.29 is 43.8 Å². The molecule has 0 radical (unpaired) electrons. The number of carbonyl (C=O) groups excluding carboxylic acids is 1. The van der Waals surface area contributed by atoms with Gasteiger partial charge >= 0.3 is 5.97 Å². The van der Waals surface area contributed by atoms with Gasteiger partial charge in [-0.15, -0.1) is 0 Å². The van der Waals surface area contributed by atoms with E-state index in [9.17, 15) is 20.1 Å². The molecule has 5 saturated carbocycles. The van der Waals surface area contributed by atoms with Gasteiger partial charge < -0.3 is 43.9 Å². The van der Waals surface area contributed by atoms with E-state index >= 15 is 0 Å². The lowest BCUT2D eigenvalue weighted by molar-refractivity contribution is -0.313. The Morgan fingerprint density at radius 1 is 1.02 bits per heavy atom. The minimum atomic E-state index is -1.76. The van der Waals surface area contributed by atoms with Crippen molar-refractivity contribution in [3.8, 4) is 0 Å². The summed E-state index contributed by atoms with van der Waals surface area (Å²) >= 11 is 0. The lowest BCUT2D eigenvalue weighted by Crippen LogP contribution is -2.79. The number of nitrogens with zero attached hydrogens (tertiary/aromatic N) is 1. The number of ether oxygens (including phenoxy) is 5. The molecule has 14 atom stereocenters. The molecule has 6 aliphatic rings. The number of likely N-dealkylation sites (tertiary alicyclic amines) is 1. The third kappa shape index (κ3) is 3.08. The van der Waals surface area contributed by atoms with Gasteiger partial charge in [-0.1, -0.05) is 18.2 Å². The van der Waals surface area contributed by atoms with Gasteiger partial charge in [0, 0.05) is 69.6 Å². The number of rotatable bonds is 7. The average molecular weight is 574 g/mol. The first kappa shape index (κ1) is 28.2. The molecule has 3 N–H and O–H groups in total. The van der Waals surface area contributed by atoms with Crippen molar-refractivity contribution in [3.05, 3.63) is 35.9 Å². The van der Waals surface area contributed by atoms with Gasteiger partial charge in [0.05, 0.1) is 24.4 Å². The number of aliphatic hydroxyl groups excluding tert-OH is 1. The maximum Gasteiger partial charge on any atom is 0.338 e. The minimum Gasteiger partial charge on any atom is -0.455 e. The van der Waals surface area contributed by atoms with Crippen LogP contribution < -0.4 is 0 Å². The van der Waals surface area contributed by atoms with Crippen LogP contribution >= 0.6 is 0 Å². The third-order valence-corrected chi connectivity index (χ3v) is 12.5. The van der Waals surface area contributed by atoms with Gasteiger partial charge in [-0.3, -0.25) is 0 Å². The maximum atomic E-state index is 13.5. The van der Waals surface area contributed by atoms with Gasteiger partial charge in [-0.2, -0.15) is 0 Å². The van der Waals surface area contributed by atoms with Crippen molar-refractivity contribution in [3.63, 3.8) is 0 Å². The molecule has 41 heavy (non-hydrogen) atoms. The highest BCUT2D eigenvalue weighted by Crippen LogP contribution is 2.80. The highest BCUT2D eigenvalue weighted by molar-refractivity contribution is 5.89. The van der Waals surface area contributed by atoms with Crippen molar-refractivity contribution in [2.75, 3.05) is 48.6 Å². The molecule has 1 saturated heterocycles. The average Bonchev–Trinajstić information content (AvgIpc) is 3.36. The van der Waals surface area contributed by atoms with E-state index in [0.29, 0.717) is 12.2 Å². The first-order chi connectivity index (χ1) is 19.6. The molecule has 1 aliphatic heterocycles. The monoisotopic (exact) mass is 573 g/mol. The first-order valence-electron chi connectivity index (χ1n) is 14.8. The quantitative estimate of drug-likeness (QED) is 0.402. The van der Waals surface area contributed by atoms with Gasteiger partial charge in [0.15, 0.2) is 0 Å². The van der Waals surface area contributed by atoms with Crippen LogP contribution in [0.4, 0.5) is 0 Å². The van der Waals surface area contributed by atoms with Crippen molar-refractivity contribution in [1.82, 2.24) is 4.90 Å². The summed E-state index contributed by atoms with van der Waals surface area (Å²) in [4.78, 5) is 15.8. The fourth-order valence-corrected chi connectivity index (χ4v) is 11.8. The number of hydrogen-bond acceptors (Lipinski definition) is 10. The van der Waals surface area contributed by atoms with E-state index in [1.165, 1.54) is 7.11 Å². The normalized spacial score (nSPS) is 52.9. The van der Waals surface area contributed by atoms with Crippen LogP contribution in [0, 0.1) is 34.5 Å². The summed E-state index contributed by atoms with van der Waals surface area (Å²) in [6, 6.07) is 8.46. The molecule has 10 heteroatoms. The predicted octanol–water partition coefficient (Wildman–Crippen LogP) is 0.716. The smallest absolute Gasteiger partial charge is 0.338 e. The summed E-state index contributed by atoms with van der Waals surface area (Å²) in [5, 5.41) is 37.6. The Bertz CT molecular complexity index is 1200. The Labute approximate surface area is 240 Å². The van der Waals surface area contributed by atoms with E-state index in [2.05, 4.69) is 11.9 Å². The molecule has 6 fully saturated rings. The van der Waals surface area contributed by atoms with Crippen molar-refractivity contribution >= 4 is 5.97 Å². The molecular formula is C31H43NO9. The van der Waals surface area contributed by atoms with E-state index in [4.69, 9.17) is 23.7 Å². The molecule has 10 nitrogen and oxygen atoms in total. The molecule has 1 aromatic carbocycles. The van der Waals surface area contributed by atoms with E-state index in [1.807, 2.05) is 6.07 Å². The maximum absolute atomic E-state index is 13.5. The van der Waals surface area contributed by atoms with Crippen LogP contribution in [0.25, 0.3) is 0 Å². The van der Waals surface area contributed by atoms with E-state index in [1.54, 1.807) is 45.6 Å². The number of piperidine rings is 1. The fraction of sp³-hybridized carbons (Fsp3) is 0.774. The summed E-state index contributed by atoms with van der Waals surface area (Å²) in [6.07, 6.45) is -2.45. The third-order valence-electron chi connectivity index (χ3n) is 12.5. The molecular weight excluding hydrogens is 530 g/mol. The second kappa shape index (κ2) is 9.19. The van der Waals surface area contributed by atoms with Crippen LogP contribution in [-0.4, -0.2) is 123 Å². The number of esters is 1. The second-order valence-corrected chi connectivity index (χ2v) is 13.6. The summed E-state index contributed by atoms with van der Waals surface area (Å²) in [5.41, 5.74) is -3.95. The number of fused-ring (bicyclic) bond motifs is 2. The molecule has 226 valence electrons. The number of hydrogen-bond donors (Lipinski definition) is 3. The van der Waals surface area contributed by atoms with Crippen LogP contribution in [0.5, 0.6) is 0 Å². The van der Waals surface area contributed by atoms with Crippen LogP contribution in [0.2, 0.25) is 0 Å². The largest absolute Gasteiger partial charge is 0.455 e. The molecule has 5 aliphatic carbocycles. The predicted molar refractivity (Wildman–Crippen MR) is 145 cm³/mol. The van der Waals surface area contributed by atoms with E-state index in [0.717, 1.165) is 19.4 Å². The number of aliphatic hydroxyl groups is 3. The molecule has 7 bridgehead atoms. The van der Waals surface area contributed by atoms with Gasteiger partial charge in [-0.25, -0.2) is 4.79 Å². The molecule has 0 aromatic heterocycles. The molecule has 1 aromatic rings. The second-order valence-electron chi connectivity index (χ2n) is 13.6.